The summed E-state index contributed by atoms with van der Waals surface area (Å²) in [5, 5.41) is 9.16. The fourth-order valence-electron chi connectivity index (χ4n) is 3.73. The fraction of sp³-hybridized carbons (Fsp3) is 0.259. The number of carbonyl (C=O) groups is 2. The van der Waals surface area contributed by atoms with Gasteiger partial charge in [0, 0.05) is 18.7 Å². The number of carboxylic acids is 1. The van der Waals surface area contributed by atoms with Crippen molar-refractivity contribution in [3.8, 4) is 17.2 Å². The Morgan fingerprint density at radius 3 is 1.94 bits per heavy atom. The van der Waals surface area contributed by atoms with E-state index in [1.165, 1.54) is 26.9 Å². The maximum Gasteiger partial charge on any atom is 0.335 e. The monoisotopic (exact) mass is 463 g/mol. The van der Waals surface area contributed by atoms with Crippen molar-refractivity contribution in [1.29, 1.82) is 0 Å². The number of rotatable bonds is 11. The van der Waals surface area contributed by atoms with Gasteiger partial charge in [0.1, 0.15) is 0 Å². The highest BCUT2D eigenvalue weighted by Crippen LogP contribution is 2.38. The van der Waals surface area contributed by atoms with Gasteiger partial charge in [-0.05, 0) is 48.2 Å². The average Bonchev–Trinajstić information content (AvgIpc) is 2.87. The molecule has 0 aliphatic rings. The van der Waals surface area contributed by atoms with Crippen molar-refractivity contribution in [1.82, 2.24) is 4.90 Å². The minimum absolute atomic E-state index is 0.186. The Hall–Kier alpha value is -4.00. The molecule has 178 valence electrons. The van der Waals surface area contributed by atoms with E-state index in [1.807, 2.05) is 18.2 Å². The fourth-order valence-corrected chi connectivity index (χ4v) is 3.73. The number of nitrogens with zero attached hydrogens (tertiary/aromatic N) is 1. The summed E-state index contributed by atoms with van der Waals surface area (Å²) in [4.78, 5) is 26.5. The molecule has 0 aliphatic carbocycles. The van der Waals surface area contributed by atoms with Crippen molar-refractivity contribution < 1.29 is 28.9 Å². The molecule has 3 aromatic rings. The second-order valence-electron chi connectivity index (χ2n) is 7.73. The molecule has 1 amide bonds. The van der Waals surface area contributed by atoms with E-state index >= 15 is 0 Å². The molecule has 0 aromatic heterocycles. The van der Waals surface area contributed by atoms with E-state index in [-0.39, 0.29) is 11.5 Å². The summed E-state index contributed by atoms with van der Waals surface area (Å²) in [5.74, 6) is 0.0522. The number of methoxy groups -OCH3 is 3. The summed E-state index contributed by atoms with van der Waals surface area (Å²) in [6, 6.07) is 19.9. The van der Waals surface area contributed by atoms with E-state index in [1.54, 1.807) is 41.3 Å². The number of aromatic carboxylic acids is 1. The SMILES string of the molecule is COc1cc(C(=O)N(CCCc2ccccc2)Cc2ccc(C(=O)O)cc2)cc(OC)c1OC. The van der Waals surface area contributed by atoms with Gasteiger partial charge in [-0.25, -0.2) is 4.79 Å². The standard InChI is InChI=1S/C27H29NO6/c1-32-23-16-22(17-24(33-2)25(23)34-3)26(29)28(15-7-10-19-8-5-4-6-9-19)18-20-11-13-21(14-12-20)27(30)31/h4-6,8-9,11-14,16-17H,7,10,15,18H2,1-3H3,(H,30,31). The van der Waals surface area contributed by atoms with Crippen LogP contribution < -0.4 is 14.2 Å². The molecule has 3 rings (SSSR count). The summed E-state index contributed by atoms with van der Waals surface area (Å²) in [5.41, 5.74) is 2.66. The summed E-state index contributed by atoms with van der Waals surface area (Å²) >= 11 is 0. The molecule has 0 fully saturated rings. The van der Waals surface area contributed by atoms with Crippen LogP contribution in [0.2, 0.25) is 0 Å². The predicted octanol–water partition coefficient (Wildman–Crippen LogP) is 4.69. The summed E-state index contributed by atoms with van der Waals surface area (Å²) < 4.78 is 16.2. The normalized spacial score (nSPS) is 10.4. The molecule has 0 aliphatic heterocycles. The number of hydrogen-bond donors (Lipinski definition) is 1. The molecule has 7 heteroatoms. The lowest BCUT2D eigenvalue weighted by molar-refractivity contribution is 0.0694. The lowest BCUT2D eigenvalue weighted by Gasteiger charge is -2.24. The molecular weight excluding hydrogens is 434 g/mol. The first kappa shape index (κ1) is 24.6. The highest BCUT2D eigenvalue weighted by Gasteiger charge is 2.21. The van der Waals surface area contributed by atoms with Gasteiger partial charge in [0.25, 0.3) is 5.91 Å². The molecule has 3 aromatic carbocycles. The van der Waals surface area contributed by atoms with Crippen LogP contribution in [-0.4, -0.2) is 49.8 Å². The summed E-state index contributed by atoms with van der Waals surface area (Å²) in [6.45, 7) is 0.856. The van der Waals surface area contributed by atoms with Gasteiger partial charge < -0.3 is 24.2 Å². The highest BCUT2D eigenvalue weighted by molar-refractivity contribution is 5.95. The van der Waals surface area contributed by atoms with Crippen LogP contribution in [0.5, 0.6) is 17.2 Å². The maximum absolute atomic E-state index is 13.6. The van der Waals surface area contributed by atoms with Gasteiger partial charge in [-0.2, -0.15) is 0 Å². The zero-order valence-electron chi connectivity index (χ0n) is 19.6. The quantitative estimate of drug-likeness (QED) is 0.444. The van der Waals surface area contributed by atoms with E-state index < -0.39 is 5.97 Å². The van der Waals surface area contributed by atoms with Gasteiger partial charge in [0.15, 0.2) is 11.5 Å². The van der Waals surface area contributed by atoms with Crippen LogP contribution in [0.25, 0.3) is 0 Å². The number of carbonyl (C=O) groups excluding carboxylic acids is 1. The molecule has 7 nitrogen and oxygen atoms in total. The van der Waals surface area contributed by atoms with E-state index in [4.69, 9.17) is 19.3 Å². The van der Waals surface area contributed by atoms with Gasteiger partial charge in [0.05, 0.1) is 26.9 Å². The number of hydrogen-bond acceptors (Lipinski definition) is 5. The number of ether oxygens (including phenoxy) is 3. The van der Waals surface area contributed by atoms with Gasteiger partial charge in [0.2, 0.25) is 5.75 Å². The second-order valence-corrected chi connectivity index (χ2v) is 7.73. The first-order chi connectivity index (χ1) is 16.5. The van der Waals surface area contributed by atoms with Crippen molar-refractivity contribution in [3.63, 3.8) is 0 Å². The van der Waals surface area contributed by atoms with Crippen LogP contribution in [-0.2, 0) is 13.0 Å². The van der Waals surface area contributed by atoms with Crippen molar-refractivity contribution >= 4 is 11.9 Å². The van der Waals surface area contributed by atoms with Gasteiger partial charge in [-0.15, -0.1) is 0 Å². The Kier molecular flexibility index (Phi) is 8.51. The topological polar surface area (TPSA) is 85.3 Å². The maximum atomic E-state index is 13.6. The van der Waals surface area contributed by atoms with Crippen molar-refractivity contribution in [2.24, 2.45) is 0 Å². The summed E-state index contributed by atoms with van der Waals surface area (Å²) in [7, 11) is 4.53. The van der Waals surface area contributed by atoms with Crippen LogP contribution in [0.1, 0.15) is 38.3 Å². The Labute approximate surface area is 199 Å². The smallest absolute Gasteiger partial charge is 0.335 e. The Morgan fingerprint density at radius 1 is 0.794 bits per heavy atom. The molecule has 0 radical (unpaired) electrons. The van der Waals surface area contributed by atoms with E-state index in [9.17, 15) is 9.59 Å². The van der Waals surface area contributed by atoms with Crippen molar-refractivity contribution in [3.05, 3.63) is 89.0 Å². The first-order valence-corrected chi connectivity index (χ1v) is 10.9. The molecule has 0 spiro atoms. The highest BCUT2D eigenvalue weighted by atomic mass is 16.5. The van der Waals surface area contributed by atoms with Crippen molar-refractivity contribution in [2.45, 2.75) is 19.4 Å². The molecule has 0 unspecified atom stereocenters. The number of benzene rings is 3. The average molecular weight is 464 g/mol. The van der Waals surface area contributed by atoms with Gasteiger partial charge >= 0.3 is 5.97 Å². The van der Waals surface area contributed by atoms with E-state index in [0.29, 0.717) is 35.9 Å². The minimum atomic E-state index is -0.986. The molecular formula is C27H29NO6. The third-order valence-electron chi connectivity index (χ3n) is 5.51. The van der Waals surface area contributed by atoms with Crippen LogP contribution in [0, 0.1) is 0 Å². The van der Waals surface area contributed by atoms with Gasteiger partial charge in [-0.3, -0.25) is 4.79 Å². The lowest BCUT2D eigenvalue weighted by atomic mass is 10.1. The van der Waals surface area contributed by atoms with Gasteiger partial charge in [-0.1, -0.05) is 42.5 Å². The predicted molar refractivity (Wildman–Crippen MR) is 129 cm³/mol. The third kappa shape index (κ3) is 6.07. The molecule has 0 bridgehead atoms. The lowest BCUT2D eigenvalue weighted by Crippen LogP contribution is -2.32. The zero-order valence-corrected chi connectivity index (χ0v) is 19.6. The molecule has 0 heterocycles. The van der Waals surface area contributed by atoms with Crippen LogP contribution in [0.15, 0.2) is 66.7 Å². The Balaban J connectivity index is 1.86. The van der Waals surface area contributed by atoms with Crippen molar-refractivity contribution in [2.75, 3.05) is 27.9 Å². The number of carboxylic acid groups (broad SMARTS) is 1. The number of amides is 1. The minimum Gasteiger partial charge on any atom is -0.493 e. The second kappa shape index (κ2) is 11.7. The largest absolute Gasteiger partial charge is 0.493 e. The number of aryl methyl sites for hydroxylation is 1. The van der Waals surface area contributed by atoms with E-state index in [0.717, 1.165) is 18.4 Å². The molecule has 0 saturated heterocycles. The molecule has 1 N–H and O–H groups in total. The molecule has 0 atom stereocenters. The molecule has 34 heavy (non-hydrogen) atoms. The van der Waals surface area contributed by atoms with E-state index in [2.05, 4.69) is 12.1 Å². The van der Waals surface area contributed by atoms with Crippen LogP contribution in [0.3, 0.4) is 0 Å². The Bertz CT molecular complexity index is 1090. The summed E-state index contributed by atoms with van der Waals surface area (Å²) in [6.07, 6.45) is 1.60. The van der Waals surface area contributed by atoms with Crippen LogP contribution >= 0.6 is 0 Å². The third-order valence-corrected chi connectivity index (χ3v) is 5.51. The first-order valence-electron chi connectivity index (χ1n) is 10.9. The zero-order chi connectivity index (χ0) is 24.5. The molecule has 0 saturated carbocycles. The Morgan fingerprint density at radius 2 is 1.41 bits per heavy atom. The van der Waals surface area contributed by atoms with Crippen LogP contribution in [0.4, 0.5) is 0 Å².